The van der Waals surface area contributed by atoms with E-state index in [1.807, 2.05) is 19.9 Å². The maximum Gasteiger partial charge on any atom is 0.389 e. The summed E-state index contributed by atoms with van der Waals surface area (Å²) in [4.78, 5) is 42.6. The number of hydrogen-bond donors (Lipinski definition) is 2. The van der Waals surface area contributed by atoms with Crippen molar-refractivity contribution in [1.82, 2.24) is 9.80 Å². The van der Waals surface area contributed by atoms with Crippen molar-refractivity contribution in [2.75, 3.05) is 38.7 Å². The number of aliphatic hydroxyl groups excluding tert-OH is 1. The highest BCUT2D eigenvalue weighted by Crippen LogP contribution is 2.29. The van der Waals surface area contributed by atoms with E-state index in [4.69, 9.17) is 9.47 Å². The molecule has 1 aliphatic rings. The average Bonchev–Trinajstić information content (AvgIpc) is 3.01. The third kappa shape index (κ3) is 11.0. The van der Waals surface area contributed by atoms with Gasteiger partial charge in [-0.05, 0) is 63.4 Å². The molecule has 9 nitrogen and oxygen atoms in total. The average molecular weight is 636 g/mol. The van der Waals surface area contributed by atoms with Crippen LogP contribution in [0, 0.1) is 5.92 Å². The van der Waals surface area contributed by atoms with Gasteiger partial charge in [-0.3, -0.25) is 14.4 Å². The number of ether oxygens (including phenoxy) is 2. The number of rotatable bonds is 8. The summed E-state index contributed by atoms with van der Waals surface area (Å²) in [6.07, 6.45) is -5.01. The number of carbonyl (C=O) groups excluding carboxylic acids is 3. The smallest absolute Gasteiger partial charge is 0.389 e. The molecule has 248 valence electrons. The molecule has 0 aromatic heterocycles. The summed E-state index contributed by atoms with van der Waals surface area (Å²) in [5.41, 5.74) is 0.804. The second-order valence-corrected chi connectivity index (χ2v) is 11.7. The van der Waals surface area contributed by atoms with Crippen LogP contribution in [0.25, 0.3) is 0 Å². The van der Waals surface area contributed by atoms with E-state index >= 15 is 0 Å². The number of benzene rings is 2. The Kier molecular flexibility index (Phi) is 13.2. The van der Waals surface area contributed by atoms with Gasteiger partial charge in [-0.15, -0.1) is 0 Å². The highest BCUT2D eigenvalue weighted by Gasteiger charge is 2.32. The van der Waals surface area contributed by atoms with E-state index in [1.165, 1.54) is 23.1 Å². The second-order valence-electron chi connectivity index (χ2n) is 11.7. The molecule has 1 aliphatic heterocycles. The van der Waals surface area contributed by atoms with Crippen molar-refractivity contribution in [3.8, 4) is 5.75 Å². The van der Waals surface area contributed by atoms with Gasteiger partial charge in [0.05, 0.1) is 36.8 Å². The molecular formula is C33H44F3N3O6. The normalized spacial score (nSPS) is 20.8. The van der Waals surface area contributed by atoms with E-state index in [0.29, 0.717) is 18.6 Å². The Morgan fingerprint density at radius 3 is 2.51 bits per heavy atom. The predicted molar refractivity (Wildman–Crippen MR) is 164 cm³/mol. The van der Waals surface area contributed by atoms with E-state index in [9.17, 15) is 32.7 Å². The van der Waals surface area contributed by atoms with E-state index in [-0.39, 0.29) is 54.6 Å². The lowest BCUT2D eigenvalue weighted by molar-refractivity contribution is -0.142. The molecule has 2 aromatic rings. The largest absolute Gasteiger partial charge is 0.490 e. The van der Waals surface area contributed by atoms with Crippen molar-refractivity contribution in [3.63, 3.8) is 0 Å². The Bertz CT molecular complexity index is 1280. The Labute approximate surface area is 262 Å². The number of aliphatic hydroxyl groups is 1. The number of halogens is 3. The van der Waals surface area contributed by atoms with Crippen LogP contribution >= 0.6 is 0 Å². The first kappa shape index (κ1) is 35.8. The van der Waals surface area contributed by atoms with Gasteiger partial charge in [0, 0.05) is 50.3 Å². The minimum absolute atomic E-state index is 0.105. The minimum Gasteiger partial charge on any atom is -0.490 e. The van der Waals surface area contributed by atoms with Gasteiger partial charge in [-0.25, -0.2) is 0 Å². The molecule has 3 rings (SSSR count). The molecule has 0 spiro atoms. The van der Waals surface area contributed by atoms with Crippen molar-refractivity contribution in [2.45, 2.75) is 77.3 Å². The first-order valence-corrected chi connectivity index (χ1v) is 15.3. The van der Waals surface area contributed by atoms with Gasteiger partial charge in [0.2, 0.25) is 5.91 Å². The number of likely N-dealkylation sites (N-methyl/N-ethyl adjacent to an activating group) is 1. The first-order valence-electron chi connectivity index (χ1n) is 15.3. The van der Waals surface area contributed by atoms with Crippen LogP contribution < -0.4 is 10.1 Å². The van der Waals surface area contributed by atoms with Gasteiger partial charge >= 0.3 is 6.18 Å². The number of fused-ring (bicyclic) bond motifs is 1. The van der Waals surface area contributed by atoms with Gasteiger partial charge < -0.3 is 29.7 Å². The topological polar surface area (TPSA) is 108 Å². The van der Waals surface area contributed by atoms with Gasteiger partial charge in [0.15, 0.2) is 0 Å². The maximum atomic E-state index is 14.1. The van der Waals surface area contributed by atoms with Crippen LogP contribution in [0.4, 0.5) is 18.9 Å². The third-order valence-corrected chi connectivity index (χ3v) is 7.79. The summed E-state index contributed by atoms with van der Waals surface area (Å²) in [5, 5.41) is 12.6. The highest BCUT2D eigenvalue weighted by atomic mass is 19.4. The number of amides is 3. The molecule has 0 saturated heterocycles. The van der Waals surface area contributed by atoms with E-state index in [2.05, 4.69) is 5.32 Å². The zero-order valence-electron chi connectivity index (χ0n) is 26.3. The molecule has 1 heterocycles. The van der Waals surface area contributed by atoms with Crippen molar-refractivity contribution < 1.29 is 42.1 Å². The summed E-state index contributed by atoms with van der Waals surface area (Å²) < 4.78 is 50.4. The molecule has 2 N–H and O–H groups in total. The number of hydrogen-bond acceptors (Lipinski definition) is 6. The fourth-order valence-corrected chi connectivity index (χ4v) is 5.10. The SMILES string of the molecule is C[C@@H]1CCCCO[C@H](CN(C)C(=O)c2ccccc2)[C@@H](C)CN([C@H](C)CO)C(=O)c2cc(NC(=O)CCC(F)(F)F)ccc2O1. The summed E-state index contributed by atoms with van der Waals surface area (Å²) in [7, 11) is 1.70. The molecule has 12 heteroatoms. The van der Waals surface area contributed by atoms with Crippen molar-refractivity contribution in [3.05, 3.63) is 59.7 Å². The van der Waals surface area contributed by atoms with Crippen molar-refractivity contribution in [2.24, 2.45) is 5.92 Å². The standard InChI is InChI=1S/C33H44F3N3O6/c1-22-19-39(23(2)21-40)32(43)27-18-26(37-30(41)15-16-33(34,35)36)13-14-28(27)45-24(3)10-8-9-17-44-29(22)20-38(4)31(42)25-11-6-5-7-12-25/h5-7,11-14,18,22-24,29,40H,8-10,15-17,19-21H2,1-4H3,(H,37,41)/t22-,23+,24+,29+/m0/s1. The van der Waals surface area contributed by atoms with Crippen LogP contribution in [-0.2, 0) is 9.53 Å². The van der Waals surface area contributed by atoms with Crippen LogP contribution in [0.5, 0.6) is 5.75 Å². The quantitative estimate of drug-likeness (QED) is 0.395. The van der Waals surface area contributed by atoms with E-state index in [1.54, 1.807) is 43.1 Å². The Morgan fingerprint density at radius 1 is 1.13 bits per heavy atom. The van der Waals surface area contributed by atoms with Crippen LogP contribution in [-0.4, -0.2) is 90.4 Å². The fourth-order valence-electron chi connectivity index (χ4n) is 5.10. The minimum atomic E-state index is -4.47. The summed E-state index contributed by atoms with van der Waals surface area (Å²) in [5.74, 6) is -1.49. The van der Waals surface area contributed by atoms with Gasteiger partial charge in [-0.1, -0.05) is 25.1 Å². The molecular weight excluding hydrogens is 591 g/mol. The lowest BCUT2D eigenvalue weighted by Crippen LogP contribution is -2.48. The first-order chi connectivity index (χ1) is 21.3. The van der Waals surface area contributed by atoms with E-state index < -0.39 is 43.0 Å². The molecule has 0 bridgehead atoms. The Hall–Kier alpha value is -3.64. The van der Waals surface area contributed by atoms with Crippen molar-refractivity contribution >= 4 is 23.4 Å². The molecule has 0 radical (unpaired) electrons. The lowest BCUT2D eigenvalue weighted by Gasteiger charge is -2.36. The molecule has 0 fully saturated rings. The highest BCUT2D eigenvalue weighted by molar-refractivity contribution is 5.99. The summed E-state index contributed by atoms with van der Waals surface area (Å²) >= 11 is 0. The summed E-state index contributed by atoms with van der Waals surface area (Å²) in [6.45, 7) is 6.03. The second kappa shape index (κ2) is 16.6. The maximum absolute atomic E-state index is 14.1. The van der Waals surface area contributed by atoms with E-state index in [0.717, 1.165) is 12.8 Å². The molecule has 3 amide bonds. The zero-order valence-corrected chi connectivity index (χ0v) is 26.3. The van der Waals surface area contributed by atoms with Crippen LogP contribution in [0.3, 0.4) is 0 Å². The molecule has 0 aliphatic carbocycles. The Morgan fingerprint density at radius 2 is 1.84 bits per heavy atom. The third-order valence-electron chi connectivity index (χ3n) is 7.79. The zero-order chi connectivity index (χ0) is 33.1. The molecule has 2 aromatic carbocycles. The number of nitrogens with zero attached hydrogens (tertiary/aromatic N) is 2. The molecule has 4 atom stereocenters. The molecule has 0 unspecified atom stereocenters. The monoisotopic (exact) mass is 635 g/mol. The van der Waals surface area contributed by atoms with Crippen LogP contribution in [0.1, 0.15) is 73.6 Å². The van der Waals surface area contributed by atoms with Gasteiger partial charge in [-0.2, -0.15) is 13.2 Å². The van der Waals surface area contributed by atoms with Gasteiger partial charge in [0.25, 0.3) is 11.8 Å². The molecule has 45 heavy (non-hydrogen) atoms. The van der Waals surface area contributed by atoms with Crippen molar-refractivity contribution in [1.29, 1.82) is 0 Å². The lowest BCUT2D eigenvalue weighted by atomic mass is 10.0. The summed E-state index contributed by atoms with van der Waals surface area (Å²) in [6, 6.07) is 12.7. The number of anilines is 1. The predicted octanol–water partition coefficient (Wildman–Crippen LogP) is 5.54. The number of alkyl halides is 3. The Balaban J connectivity index is 1.91. The van der Waals surface area contributed by atoms with Gasteiger partial charge in [0.1, 0.15) is 5.75 Å². The van der Waals surface area contributed by atoms with Crippen LogP contribution in [0.15, 0.2) is 48.5 Å². The van der Waals surface area contributed by atoms with Crippen LogP contribution in [0.2, 0.25) is 0 Å². The number of nitrogens with one attached hydrogen (secondary N) is 1. The fraction of sp³-hybridized carbons (Fsp3) is 0.545. The molecule has 0 saturated carbocycles. The number of carbonyl (C=O) groups is 3.